The van der Waals surface area contributed by atoms with E-state index in [1.54, 1.807) is 0 Å². The molecule has 0 aliphatic heterocycles. The van der Waals surface area contributed by atoms with Gasteiger partial charge in [0.2, 0.25) is 0 Å². The van der Waals surface area contributed by atoms with Gasteiger partial charge in [-0.3, -0.25) is 0 Å². The topological polar surface area (TPSA) is 31.4 Å². The Labute approximate surface area is 160 Å². The quantitative estimate of drug-likeness (QED) is 0.584. The predicted octanol–water partition coefficient (Wildman–Crippen LogP) is 5.27. The number of para-hydroxylation sites is 1. The molecule has 0 saturated heterocycles. The number of hydrogen-bond donors (Lipinski definition) is 0. The van der Waals surface area contributed by atoms with Crippen LogP contribution in [0.5, 0.6) is 11.5 Å². The number of hydrogen-bond acceptors (Lipinski definition) is 3. The minimum atomic E-state index is -0.654. The molecule has 127 valence electrons. The number of aryl methyl sites for hydroxylation is 1. The highest BCUT2D eigenvalue weighted by molar-refractivity contribution is 6.21. The molecule has 3 aromatic rings. The molecule has 4 rings (SSSR count). The van der Waals surface area contributed by atoms with Crippen molar-refractivity contribution in [3.8, 4) is 11.5 Å². The second kappa shape index (κ2) is 7.78. The summed E-state index contributed by atoms with van der Waals surface area (Å²) in [6, 6.07) is 18.2. The van der Waals surface area contributed by atoms with Crippen molar-refractivity contribution < 1.29 is 7.58 Å². The zero-order valence-electron chi connectivity index (χ0n) is 14.7. The first-order valence-electron chi connectivity index (χ1n) is 8.78. The number of rotatable bonds is 5. The van der Waals surface area contributed by atoms with Gasteiger partial charge in [-0.1, -0.05) is 48.6 Å². The monoisotopic (exact) mass is 356 g/mol. The van der Waals surface area contributed by atoms with Crippen LogP contribution in [0.1, 0.15) is 24.1 Å². The summed E-state index contributed by atoms with van der Waals surface area (Å²) in [6.07, 6.45) is 8.93. The third-order valence-corrected chi connectivity index (χ3v) is 5.08. The average molecular weight is 356 g/mol. The van der Waals surface area contributed by atoms with Crippen molar-refractivity contribution in [2.24, 2.45) is 0 Å². The van der Waals surface area contributed by atoms with Gasteiger partial charge in [-0.25, -0.2) is 4.98 Å². The molecule has 0 atom stereocenters. The molecule has 0 saturated carbocycles. The number of pyridine rings is 1. The maximum absolute atomic E-state index is 5.90. The molecule has 0 amide bonds. The molecule has 1 aromatic heterocycles. The van der Waals surface area contributed by atoms with E-state index in [0.717, 1.165) is 40.9 Å². The highest BCUT2D eigenvalue weighted by Gasteiger charge is 2.10. The lowest BCUT2D eigenvalue weighted by atomic mass is 10.00. The number of fused-ring (bicyclic) bond motifs is 1. The molecule has 1 aliphatic carbocycles. The second-order valence-corrected chi connectivity index (χ2v) is 6.94. The van der Waals surface area contributed by atoms with Gasteiger partial charge in [-0.2, -0.15) is 0 Å². The lowest BCUT2D eigenvalue weighted by Crippen LogP contribution is -2.11. The standard InChI is InChI=1S/C12H12O.C10H9NO.Al/c13-12-8-6-11(7-9-12)10-4-2-1-3-5-10;1-7-5-6-8-3-2-4-9(12)10(8)11-7;/h2,4-9,13H,1,3H2;2-6,12H,1H3;/q;;+2/p-2. The molecule has 0 bridgehead atoms. The largest absolute Gasteiger partial charge is 0.881 e. The van der Waals surface area contributed by atoms with Crippen LogP contribution in [0, 0.1) is 6.92 Å². The van der Waals surface area contributed by atoms with Gasteiger partial charge in [-0.05, 0) is 55.2 Å². The van der Waals surface area contributed by atoms with Crippen LogP contribution in [0.3, 0.4) is 0 Å². The van der Waals surface area contributed by atoms with Gasteiger partial charge in [0.05, 0.1) is 5.75 Å². The van der Waals surface area contributed by atoms with E-state index in [0.29, 0.717) is 0 Å². The van der Waals surface area contributed by atoms with Crippen molar-refractivity contribution in [3.05, 3.63) is 84.1 Å². The van der Waals surface area contributed by atoms with Crippen molar-refractivity contribution in [1.82, 2.24) is 4.98 Å². The normalized spacial score (nSPS) is 13.3. The van der Waals surface area contributed by atoms with Crippen LogP contribution in [-0.4, -0.2) is 20.9 Å². The first kappa shape index (κ1) is 16.9. The summed E-state index contributed by atoms with van der Waals surface area (Å²) in [5.41, 5.74) is 4.36. The molecule has 2 aromatic carbocycles. The van der Waals surface area contributed by atoms with Gasteiger partial charge >= 0.3 is 15.9 Å². The van der Waals surface area contributed by atoms with Gasteiger partial charge in [-0.15, -0.1) is 0 Å². The van der Waals surface area contributed by atoms with Crippen LogP contribution < -0.4 is 7.58 Å². The van der Waals surface area contributed by atoms with Gasteiger partial charge in [0, 0.05) is 11.1 Å². The van der Waals surface area contributed by atoms with E-state index in [1.807, 2.05) is 43.3 Å². The summed E-state index contributed by atoms with van der Waals surface area (Å²) in [5, 5.41) is 1.07. The minimum absolute atomic E-state index is 0.654. The van der Waals surface area contributed by atoms with E-state index >= 15 is 0 Å². The molecule has 1 aliphatic rings. The Morgan fingerprint density at radius 3 is 2.62 bits per heavy atom. The van der Waals surface area contributed by atoms with Crippen molar-refractivity contribution in [2.75, 3.05) is 0 Å². The Morgan fingerprint density at radius 1 is 0.923 bits per heavy atom. The lowest BCUT2D eigenvalue weighted by molar-refractivity contribution is 0.461. The molecule has 1 radical (unpaired) electrons. The molecule has 0 unspecified atom stereocenters. The Morgan fingerprint density at radius 2 is 1.81 bits per heavy atom. The summed E-state index contributed by atoms with van der Waals surface area (Å²) in [7, 11) is 0. The van der Waals surface area contributed by atoms with Crippen molar-refractivity contribution in [2.45, 2.75) is 19.8 Å². The molecule has 0 fully saturated rings. The van der Waals surface area contributed by atoms with E-state index in [4.69, 9.17) is 7.58 Å². The summed E-state index contributed by atoms with van der Waals surface area (Å²) >= 11 is -0.654. The smallest absolute Gasteiger partial charge is 0.616 e. The van der Waals surface area contributed by atoms with E-state index in [1.165, 1.54) is 11.1 Å². The predicted molar refractivity (Wildman–Crippen MR) is 106 cm³/mol. The van der Waals surface area contributed by atoms with Crippen molar-refractivity contribution in [3.63, 3.8) is 0 Å². The second-order valence-electron chi connectivity index (χ2n) is 6.28. The molecule has 26 heavy (non-hydrogen) atoms. The summed E-state index contributed by atoms with van der Waals surface area (Å²) in [4.78, 5) is 4.58. The lowest BCUT2D eigenvalue weighted by Gasteiger charge is -2.12. The molecule has 0 spiro atoms. The maximum Gasteiger partial charge on any atom is 0.881 e. The fourth-order valence-corrected chi connectivity index (χ4v) is 3.61. The van der Waals surface area contributed by atoms with E-state index < -0.39 is 15.9 Å². The number of allylic oxidation sites excluding steroid dienone is 4. The highest BCUT2D eigenvalue weighted by Crippen LogP contribution is 2.25. The Balaban J connectivity index is 1.41. The third kappa shape index (κ3) is 3.83. The van der Waals surface area contributed by atoms with E-state index in [9.17, 15) is 0 Å². The molecule has 4 heteroatoms. The molecule has 1 heterocycles. The molecular weight excluding hydrogens is 337 g/mol. The Kier molecular flexibility index (Phi) is 5.06. The van der Waals surface area contributed by atoms with Gasteiger partial charge in [0.15, 0.2) is 0 Å². The fraction of sp³-hybridized carbons (Fsp3) is 0.136. The van der Waals surface area contributed by atoms with Crippen LogP contribution >= 0.6 is 0 Å². The Bertz CT molecular complexity index is 977. The Hall–Kier alpha value is -2.54. The zero-order chi connectivity index (χ0) is 17.8. The third-order valence-electron chi connectivity index (χ3n) is 4.36. The van der Waals surface area contributed by atoms with E-state index in [2.05, 4.69) is 41.4 Å². The van der Waals surface area contributed by atoms with Gasteiger partial charge in [0.1, 0.15) is 11.3 Å². The zero-order valence-corrected chi connectivity index (χ0v) is 15.8. The SMILES string of the molecule is Cc1ccc2cccc([O][Al][O]c3ccc(C4=CCCC=C4)cc3)c2n1. The number of benzene rings is 2. The summed E-state index contributed by atoms with van der Waals surface area (Å²) in [6.45, 7) is 1.98. The molecular formula is C22H19AlNO2. The van der Waals surface area contributed by atoms with Crippen LogP contribution in [-0.2, 0) is 0 Å². The molecule has 0 N–H and O–H groups in total. The van der Waals surface area contributed by atoms with Gasteiger partial charge in [0.25, 0.3) is 0 Å². The summed E-state index contributed by atoms with van der Waals surface area (Å²) < 4.78 is 11.7. The van der Waals surface area contributed by atoms with Gasteiger partial charge < -0.3 is 7.58 Å². The first-order valence-corrected chi connectivity index (χ1v) is 9.72. The average Bonchev–Trinajstić information content (AvgIpc) is 2.69. The van der Waals surface area contributed by atoms with Crippen LogP contribution in [0.2, 0.25) is 0 Å². The first-order chi connectivity index (χ1) is 12.8. The number of aromatic nitrogens is 1. The molecule has 3 nitrogen and oxygen atoms in total. The van der Waals surface area contributed by atoms with Crippen molar-refractivity contribution >= 4 is 32.4 Å². The minimum Gasteiger partial charge on any atom is -0.616 e. The van der Waals surface area contributed by atoms with E-state index in [-0.39, 0.29) is 0 Å². The summed E-state index contributed by atoms with van der Waals surface area (Å²) in [5.74, 6) is 1.60. The van der Waals surface area contributed by atoms with Crippen LogP contribution in [0.4, 0.5) is 0 Å². The van der Waals surface area contributed by atoms with Crippen LogP contribution in [0.25, 0.3) is 16.5 Å². The highest BCUT2D eigenvalue weighted by atomic mass is 27.2. The van der Waals surface area contributed by atoms with Crippen molar-refractivity contribution in [1.29, 1.82) is 0 Å². The fourth-order valence-electron chi connectivity index (χ4n) is 3.00. The van der Waals surface area contributed by atoms with Crippen LogP contribution in [0.15, 0.2) is 72.8 Å². The maximum atomic E-state index is 5.90. The number of nitrogens with zero attached hydrogens (tertiary/aromatic N) is 1.